The number of amides is 2. The molecule has 0 aliphatic heterocycles. The van der Waals surface area contributed by atoms with Crippen molar-refractivity contribution in [1.82, 2.24) is 35.5 Å². The van der Waals surface area contributed by atoms with Crippen molar-refractivity contribution in [1.29, 1.82) is 0 Å². The van der Waals surface area contributed by atoms with Crippen molar-refractivity contribution < 1.29 is 28.7 Å². The standard InChI is InChI=1S/C19H22N4O3S.C17H18N4O3S/c1-23(2)8-10-26-9-7-20-18(25)16-12-27-19(22-16)17(24)14-11-21-15-6-4-3-5-13(14)15;18-5-7-24-8-6-19-16(23)14-10-25-17(21-14)15(22)12-9-20-13-4-2-1-3-11(12)13/h3-6,11-12,21H,7-10H2,1-2H3,(H,20,25);1-4,9-10,20H,5-8,18H2,(H,19,23). The number of hydrogen-bond donors (Lipinski definition) is 5. The van der Waals surface area contributed by atoms with Crippen LogP contribution in [0.5, 0.6) is 0 Å². The molecule has 0 saturated carbocycles. The van der Waals surface area contributed by atoms with Crippen LogP contribution in [-0.2, 0) is 9.47 Å². The fraction of sp³-hybridized carbons (Fsp3) is 0.278. The fourth-order valence-electron chi connectivity index (χ4n) is 4.90. The lowest BCUT2D eigenvalue weighted by Crippen LogP contribution is -2.28. The predicted molar refractivity (Wildman–Crippen MR) is 202 cm³/mol. The number of carbonyl (C=O) groups excluding carboxylic acids is 4. The fourth-order valence-corrected chi connectivity index (χ4v) is 6.41. The van der Waals surface area contributed by atoms with E-state index < -0.39 is 0 Å². The second-order valence-electron chi connectivity index (χ2n) is 11.6. The Morgan fingerprint density at radius 3 is 1.63 bits per heavy atom. The third-order valence-electron chi connectivity index (χ3n) is 7.54. The molecule has 6 rings (SSSR count). The highest BCUT2D eigenvalue weighted by molar-refractivity contribution is 7.12. The SMILES string of the molecule is CN(C)CCOCCNC(=O)c1csc(C(=O)c2c[nH]c3ccccc23)n1.NCCOCCNC(=O)c1csc(C(=O)c2c[nH]c3ccccc23)n1. The van der Waals surface area contributed by atoms with E-state index in [0.717, 1.165) is 39.7 Å². The van der Waals surface area contributed by atoms with Gasteiger partial charge in [0.2, 0.25) is 11.6 Å². The van der Waals surface area contributed by atoms with Crippen LogP contribution in [0.1, 0.15) is 51.7 Å². The van der Waals surface area contributed by atoms with Crippen LogP contribution in [0.4, 0.5) is 0 Å². The number of thiazole rings is 2. The average Bonchev–Trinajstić information content (AvgIpc) is 3.98. The Morgan fingerprint density at radius 1 is 0.712 bits per heavy atom. The smallest absolute Gasteiger partial charge is 0.270 e. The van der Waals surface area contributed by atoms with Crippen LogP contribution in [0.3, 0.4) is 0 Å². The zero-order chi connectivity index (χ0) is 36.9. The molecule has 0 bridgehead atoms. The molecule has 52 heavy (non-hydrogen) atoms. The predicted octanol–water partition coefficient (Wildman–Crippen LogP) is 3.72. The molecule has 0 spiro atoms. The maximum absolute atomic E-state index is 12.7. The first kappa shape index (κ1) is 38.1. The van der Waals surface area contributed by atoms with Crippen LogP contribution in [-0.4, -0.2) is 115 Å². The van der Waals surface area contributed by atoms with Gasteiger partial charge in [-0.1, -0.05) is 36.4 Å². The minimum absolute atomic E-state index is 0.191. The van der Waals surface area contributed by atoms with Crippen LogP contribution in [0.2, 0.25) is 0 Å². The van der Waals surface area contributed by atoms with Crippen LogP contribution in [0, 0.1) is 0 Å². The molecule has 0 unspecified atom stereocenters. The number of ether oxygens (including phenoxy) is 2. The molecule has 0 fully saturated rings. The first-order valence-corrected chi connectivity index (χ1v) is 18.2. The van der Waals surface area contributed by atoms with Crippen molar-refractivity contribution >= 4 is 67.9 Å². The Morgan fingerprint density at radius 2 is 1.17 bits per heavy atom. The van der Waals surface area contributed by atoms with E-state index in [1.807, 2.05) is 67.5 Å². The Hall–Kier alpha value is -5.10. The summed E-state index contributed by atoms with van der Waals surface area (Å²) in [5.41, 5.74) is 8.67. The highest BCUT2D eigenvalue weighted by Gasteiger charge is 2.21. The molecule has 0 aliphatic carbocycles. The third-order valence-corrected chi connectivity index (χ3v) is 9.22. The summed E-state index contributed by atoms with van der Waals surface area (Å²) in [7, 11) is 3.95. The molecule has 2 amide bonds. The number of likely N-dealkylation sites (N-methyl/N-ethyl adjacent to an activating group) is 1. The normalized spacial score (nSPS) is 11.1. The van der Waals surface area contributed by atoms with Crippen LogP contribution >= 0.6 is 22.7 Å². The first-order valence-electron chi connectivity index (χ1n) is 16.5. The Kier molecular flexibility index (Phi) is 13.9. The quantitative estimate of drug-likeness (QED) is 0.0678. The number of nitrogens with one attached hydrogen (secondary N) is 4. The lowest BCUT2D eigenvalue weighted by atomic mass is 10.1. The van der Waals surface area contributed by atoms with E-state index in [4.69, 9.17) is 15.2 Å². The van der Waals surface area contributed by atoms with Gasteiger partial charge < -0.3 is 40.7 Å². The van der Waals surface area contributed by atoms with Gasteiger partial charge in [0.1, 0.15) is 11.4 Å². The molecule has 0 aliphatic rings. The molecule has 4 heterocycles. The van der Waals surface area contributed by atoms with Gasteiger partial charge in [0.05, 0.1) is 37.6 Å². The highest BCUT2D eigenvalue weighted by Crippen LogP contribution is 2.24. The van der Waals surface area contributed by atoms with Gasteiger partial charge in [-0.3, -0.25) is 19.2 Å². The van der Waals surface area contributed by atoms with Gasteiger partial charge in [0.15, 0.2) is 10.0 Å². The molecular formula is C36H40N8O6S2. The second kappa shape index (κ2) is 18.9. The molecule has 14 nitrogen and oxygen atoms in total. The number of aromatic amines is 2. The third kappa shape index (κ3) is 10.0. The van der Waals surface area contributed by atoms with Gasteiger partial charge in [-0.2, -0.15) is 0 Å². The number of nitrogens with zero attached hydrogens (tertiary/aromatic N) is 3. The average molecular weight is 745 g/mol. The summed E-state index contributed by atoms with van der Waals surface area (Å²) >= 11 is 2.33. The molecule has 0 saturated heterocycles. The summed E-state index contributed by atoms with van der Waals surface area (Å²) in [6, 6.07) is 15.1. The van der Waals surface area contributed by atoms with Gasteiger partial charge in [0, 0.05) is 71.1 Å². The number of para-hydroxylation sites is 2. The maximum Gasteiger partial charge on any atom is 0.270 e. The molecule has 4 aromatic heterocycles. The van der Waals surface area contributed by atoms with Crippen LogP contribution in [0.15, 0.2) is 71.7 Å². The molecule has 2 aromatic carbocycles. The van der Waals surface area contributed by atoms with E-state index >= 15 is 0 Å². The van der Waals surface area contributed by atoms with E-state index in [9.17, 15) is 19.2 Å². The summed E-state index contributed by atoms with van der Waals surface area (Å²) in [6.45, 7) is 3.92. The van der Waals surface area contributed by atoms with Crippen LogP contribution < -0.4 is 16.4 Å². The van der Waals surface area contributed by atoms with Gasteiger partial charge in [0.25, 0.3) is 11.8 Å². The van der Waals surface area contributed by atoms with Crippen molar-refractivity contribution in [2.75, 3.05) is 66.7 Å². The van der Waals surface area contributed by atoms with Gasteiger partial charge in [-0.05, 0) is 26.2 Å². The van der Waals surface area contributed by atoms with Gasteiger partial charge in [-0.15, -0.1) is 22.7 Å². The van der Waals surface area contributed by atoms with E-state index in [0.29, 0.717) is 62.2 Å². The van der Waals surface area contributed by atoms with E-state index in [-0.39, 0.29) is 39.8 Å². The minimum Gasteiger partial charge on any atom is -0.378 e. The van der Waals surface area contributed by atoms with Crippen molar-refractivity contribution in [3.8, 4) is 0 Å². The molecule has 16 heteroatoms. The summed E-state index contributed by atoms with van der Waals surface area (Å²) < 4.78 is 10.6. The number of benzene rings is 2. The number of ketones is 2. The Balaban J connectivity index is 0.000000202. The van der Waals surface area contributed by atoms with E-state index in [2.05, 4.69) is 30.6 Å². The molecule has 0 atom stereocenters. The summed E-state index contributed by atoms with van der Waals surface area (Å²) in [4.78, 5) is 66.1. The first-order chi connectivity index (χ1) is 25.3. The molecule has 0 radical (unpaired) electrons. The van der Waals surface area contributed by atoms with Crippen molar-refractivity contribution in [3.63, 3.8) is 0 Å². The Bertz CT molecular complexity index is 2120. The van der Waals surface area contributed by atoms with Crippen LogP contribution in [0.25, 0.3) is 21.8 Å². The second-order valence-corrected chi connectivity index (χ2v) is 13.3. The van der Waals surface area contributed by atoms with E-state index in [1.54, 1.807) is 23.2 Å². The monoisotopic (exact) mass is 744 g/mol. The van der Waals surface area contributed by atoms with E-state index in [1.165, 1.54) is 11.3 Å². The van der Waals surface area contributed by atoms with Gasteiger partial charge in [-0.25, -0.2) is 9.97 Å². The Labute approximate surface area is 307 Å². The highest BCUT2D eigenvalue weighted by atomic mass is 32.1. The summed E-state index contributed by atoms with van der Waals surface area (Å²) in [5.74, 6) is -1.03. The van der Waals surface area contributed by atoms with Gasteiger partial charge >= 0.3 is 0 Å². The maximum atomic E-state index is 12.7. The van der Waals surface area contributed by atoms with Crippen molar-refractivity contribution in [2.45, 2.75) is 0 Å². The number of fused-ring (bicyclic) bond motifs is 2. The summed E-state index contributed by atoms with van der Waals surface area (Å²) in [5, 5.41) is 10.9. The lowest BCUT2D eigenvalue weighted by Gasteiger charge is -2.09. The zero-order valence-electron chi connectivity index (χ0n) is 28.8. The molecule has 272 valence electrons. The zero-order valence-corrected chi connectivity index (χ0v) is 30.4. The largest absolute Gasteiger partial charge is 0.378 e. The number of aromatic nitrogens is 4. The van der Waals surface area contributed by atoms with Crippen molar-refractivity contribution in [2.24, 2.45) is 5.73 Å². The number of H-pyrrole nitrogens is 2. The van der Waals surface area contributed by atoms with Crippen molar-refractivity contribution in [3.05, 3.63) is 104 Å². The summed E-state index contributed by atoms with van der Waals surface area (Å²) in [6.07, 6.45) is 3.35. The minimum atomic E-state index is -0.328. The number of hydrogen-bond acceptors (Lipinski definition) is 12. The molecule has 6 N–H and O–H groups in total. The molecule has 6 aromatic rings. The number of rotatable bonds is 17. The topological polar surface area (TPSA) is 197 Å². The lowest BCUT2D eigenvalue weighted by molar-refractivity contribution is 0.0894. The molecular weight excluding hydrogens is 705 g/mol. The number of nitrogens with two attached hydrogens (primary N) is 1. The number of carbonyl (C=O) groups is 4.